The number of hydrogen-bond acceptors (Lipinski definition) is 7. The molecule has 0 N–H and O–H groups in total. The predicted molar refractivity (Wildman–Crippen MR) is 100 cm³/mol. The molecule has 2 heterocycles. The van der Waals surface area contributed by atoms with Crippen LogP contribution in [0, 0.1) is 0 Å². The largest absolute Gasteiger partial charge is 0.375 e. The summed E-state index contributed by atoms with van der Waals surface area (Å²) in [6.45, 7) is 1.29. The molecule has 1 aliphatic carbocycles. The maximum absolute atomic E-state index is 13.1. The van der Waals surface area contributed by atoms with Gasteiger partial charge in [0.05, 0.1) is 11.0 Å². The molecule has 2 aromatic rings. The van der Waals surface area contributed by atoms with Crippen molar-refractivity contribution in [3.8, 4) is 0 Å². The zero-order valence-electron chi connectivity index (χ0n) is 16.0. The second-order valence-corrected chi connectivity index (χ2v) is 9.20. The molecule has 4 rings (SSSR count). The highest BCUT2D eigenvalue weighted by molar-refractivity contribution is 7.89. The number of methoxy groups -OCH3 is 1. The summed E-state index contributed by atoms with van der Waals surface area (Å²) in [6, 6.07) is 5.54. The molecule has 9 heteroatoms. The SMILES string of the molecule is COCc1nc(COC2CCCN(S(=O)(=O)c3ccc4c(c3)CCC4)C2)no1. The van der Waals surface area contributed by atoms with Gasteiger partial charge in [0.2, 0.25) is 10.0 Å². The molecule has 0 bridgehead atoms. The maximum Gasteiger partial charge on any atom is 0.252 e. The first-order valence-electron chi connectivity index (χ1n) is 9.60. The molecule has 0 saturated carbocycles. The van der Waals surface area contributed by atoms with Gasteiger partial charge in [0.1, 0.15) is 13.2 Å². The van der Waals surface area contributed by atoms with E-state index in [0.717, 1.165) is 37.7 Å². The average Bonchev–Trinajstić information content (AvgIpc) is 3.35. The second kappa shape index (κ2) is 8.28. The van der Waals surface area contributed by atoms with Gasteiger partial charge in [0, 0.05) is 20.2 Å². The Kier molecular flexibility index (Phi) is 5.77. The third kappa shape index (κ3) is 4.12. The van der Waals surface area contributed by atoms with Crippen molar-refractivity contribution in [3.63, 3.8) is 0 Å². The van der Waals surface area contributed by atoms with E-state index < -0.39 is 10.0 Å². The first-order valence-corrected chi connectivity index (χ1v) is 11.0. The minimum absolute atomic E-state index is 0.185. The number of fused-ring (bicyclic) bond motifs is 1. The quantitative estimate of drug-likeness (QED) is 0.693. The van der Waals surface area contributed by atoms with Crippen molar-refractivity contribution in [2.24, 2.45) is 0 Å². The van der Waals surface area contributed by atoms with Gasteiger partial charge in [-0.3, -0.25) is 0 Å². The van der Waals surface area contributed by atoms with Crippen LogP contribution in [0.5, 0.6) is 0 Å². The summed E-state index contributed by atoms with van der Waals surface area (Å²) >= 11 is 0. The summed E-state index contributed by atoms with van der Waals surface area (Å²) in [5.74, 6) is 0.830. The molecule has 1 saturated heterocycles. The summed E-state index contributed by atoms with van der Waals surface area (Å²) in [5.41, 5.74) is 2.43. The Hall–Kier alpha value is -1.81. The zero-order valence-corrected chi connectivity index (χ0v) is 16.8. The first-order chi connectivity index (χ1) is 13.6. The van der Waals surface area contributed by atoms with E-state index in [1.54, 1.807) is 13.2 Å². The molecule has 0 spiro atoms. The highest BCUT2D eigenvalue weighted by atomic mass is 32.2. The van der Waals surface area contributed by atoms with E-state index >= 15 is 0 Å². The van der Waals surface area contributed by atoms with Gasteiger partial charge in [-0.1, -0.05) is 11.2 Å². The molecule has 28 heavy (non-hydrogen) atoms. The molecule has 1 fully saturated rings. The van der Waals surface area contributed by atoms with E-state index in [1.165, 1.54) is 9.87 Å². The van der Waals surface area contributed by atoms with E-state index in [4.69, 9.17) is 14.0 Å². The number of nitrogens with zero attached hydrogens (tertiary/aromatic N) is 3. The molecule has 0 amide bonds. The Morgan fingerprint density at radius 1 is 1.21 bits per heavy atom. The number of hydrogen-bond donors (Lipinski definition) is 0. The van der Waals surface area contributed by atoms with Crippen molar-refractivity contribution >= 4 is 10.0 Å². The Balaban J connectivity index is 1.39. The zero-order chi connectivity index (χ0) is 19.6. The summed E-state index contributed by atoms with van der Waals surface area (Å²) in [6.07, 6.45) is 4.47. The van der Waals surface area contributed by atoms with Crippen LogP contribution in [-0.2, 0) is 45.6 Å². The highest BCUT2D eigenvalue weighted by Crippen LogP contribution is 2.28. The fraction of sp³-hybridized carbons (Fsp3) is 0.579. The molecule has 1 aliphatic heterocycles. The van der Waals surface area contributed by atoms with Gasteiger partial charge in [-0.15, -0.1) is 0 Å². The summed E-state index contributed by atoms with van der Waals surface area (Å²) in [7, 11) is -1.96. The van der Waals surface area contributed by atoms with Gasteiger partial charge in [0.25, 0.3) is 5.89 Å². The highest BCUT2D eigenvalue weighted by Gasteiger charge is 2.31. The predicted octanol–water partition coefficient (Wildman–Crippen LogP) is 2.07. The van der Waals surface area contributed by atoms with Crippen LogP contribution >= 0.6 is 0 Å². The third-order valence-corrected chi connectivity index (χ3v) is 7.14. The van der Waals surface area contributed by atoms with Gasteiger partial charge < -0.3 is 14.0 Å². The number of aromatic nitrogens is 2. The van der Waals surface area contributed by atoms with Gasteiger partial charge in [-0.05, 0) is 55.4 Å². The topological polar surface area (TPSA) is 94.8 Å². The first kappa shape index (κ1) is 19.5. The van der Waals surface area contributed by atoms with E-state index in [9.17, 15) is 8.42 Å². The van der Waals surface area contributed by atoms with Crippen molar-refractivity contribution in [3.05, 3.63) is 41.0 Å². The molecular formula is C19H25N3O5S. The van der Waals surface area contributed by atoms with Crippen LogP contribution in [0.25, 0.3) is 0 Å². The number of ether oxygens (including phenoxy) is 2. The Morgan fingerprint density at radius 2 is 2.07 bits per heavy atom. The molecule has 8 nitrogen and oxygen atoms in total. The van der Waals surface area contributed by atoms with Crippen molar-refractivity contribution in [1.29, 1.82) is 0 Å². The van der Waals surface area contributed by atoms with E-state index in [1.807, 2.05) is 12.1 Å². The van der Waals surface area contributed by atoms with Gasteiger partial charge in [-0.25, -0.2) is 8.42 Å². The van der Waals surface area contributed by atoms with Gasteiger partial charge in [-0.2, -0.15) is 9.29 Å². The molecule has 152 valence electrons. The Morgan fingerprint density at radius 3 is 2.93 bits per heavy atom. The molecule has 1 aromatic heterocycles. The monoisotopic (exact) mass is 407 g/mol. The molecule has 1 aromatic carbocycles. The lowest BCUT2D eigenvalue weighted by atomic mass is 10.1. The van der Waals surface area contributed by atoms with Crippen LogP contribution < -0.4 is 0 Å². The molecule has 0 radical (unpaired) electrons. The van der Waals surface area contributed by atoms with Crippen LogP contribution in [0.3, 0.4) is 0 Å². The van der Waals surface area contributed by atoms with Crippen LogP contribution in [0.2, 0.25) is 0 Å². The number of rotatable bonds is 7. The number of piperidine rings is 1. The fourth-order valence-corrected chi connectivity index (χ4v) is 5.40. The van der Waals surface area contributed by atoms with E-state index in [-0.39, 0.29) is 19.3 Å². The van der Waals surface area contributed by atoms with Crippen LogP contribution in [0.15, 0.2) is 27.6 Å². The van der Waals surface area contributed by atoms with Crippen LogP contribution in [0.1, 0.15) is 42.1 Å². The third-order valence-electron chi connectivity index (χ3n) is 5.27. The van der Waals surface area contributed by atoms with Crippen molar-refractivity contribution < 1.29 is 22.4 Å². The minimum atomic E-state index is -3.52. The summed E-state index contributed by atoms with van der Waals surface area (Å²) in [5, 5.41) is 3.84. The Labute approximate surface area is 164 Å². The minimum Gasteiger partial charge on any atom is -0.375 e. The molecule has 1 atom stereocenters. The van der Waals surface area contributed by atoms with Gasteiger partial charge >= 0.3 is 0 Å². The molecular weight excluding hydrogens is 382 g/mol. The van der Waals surface area contributed by atoms with E-state index in [2.05, 4.69) is 10.1 Å². The summed E-state index contributed by atoms with van der Waals surface area (Å²) in [4.78, 5) is 4.56. The molecule has 2 aliphatic rings. The number of benzene rings is 1. The maximum atomic E-state index is 13.1. The summed E-state index contributed by atoms with van der Waals surface area (Å²) < 4.78 is 43.6. The van der Waals surface area contributed by atoms with Crippen LogP contribution in [-0.4, -0.2) is 49.2 Å². The average molecular weight is 407 g/mol. The van der Waals surface area contributed by atoms with Crippen molar-refractivity contribution in [2.75, 3.05) is 20.2 Å². The number of aryl methyl sites for hydroxylation is 2. The standard InChI is InChI=1S/C19H25N3O5S/c1-25-13-19-20-18(21-27-19)12-26-16-6-3-9-22(11-16)28(23,24)17-8-7-14-4-2-5-15(14)10-17/h7-8,10,16H,2-6,9,11-13H2,1H3. The lowest BCUT2D eigenvalue weighted by Gasteiger charge is -2.31. The fourth-order valence-electron chi connectivity index (χ4n) is 3.84. The van der Waals surface area contributed by atoms with Crippen LogP contribution in [0.4, 0.5) is 0 Å². The van der Waals surface area contributed by atoms with Crippen molar-refractivity contribution in [2.45, 2.75) is 56.3 Å². The smallest absolute Gasteiger partial charge is 0.252 e. The van der Waals surface area contributed by atoms with E-state index in [0.29, 0.717) is 29.7 Å². The normalized spacial score (nSPS) is 20.4. The molecule has 1 unspecified atom stereocenters. The van der Waals surface area contributed by atoms with Crippen molar-refractivity contribution in [1.82, 2.24) is 14.4 Å². The Bertz CT molecular complexity index is 927. The lowest BCUT2D eigenvalue weighted by molar-refractivity contribution is 0.00438. The second-order valence-electron chi connectivity index (χ2n) is 7.26. The number of sulfonamides is 1. The lowest BCUT2D eigenvalue weighted by Crippen LogP contribution is -2.43. The van der Waals surface area contributed by atoms with Gasteiger partial charge in [0.15, 0.2) is 5.82 Å².